The number of carbonyl (C=O) groups is 3. The Morgan fingerprint density at radius 3 is 2.32 bits per heavy atom. The van der Waals surface area contributed by atoms with Crippen LogP contribution < -0.4 is 0 Å². The fraction of sp³-hybridized carbons (Fsp3) is 0.188. The first-order chi connectivity index (χ1) is 10.6. The Morgan fingerprint density at radius 1 is 1.14 bits per heavy atom. The quantitative estimate of drug-likeness (QED) is 0.811. The van der Waals surface area contributed by atoms with Crippen molar-refractivity contribution >= 4 is 17.8 Å². The molecule has 0 radical (unpaired) electrons. The second kappa shape index (κ2) is 5.48. The third-order valence-electron chi connectivity index (χ3n) is 3.45. The molecule has 0 saturated heterocycles. The summed E-state index contributed by atoms with van der Waals surface area (Å²) < 4.78 is 5.20. The summed E-state index contributed by atoms with van der Waals surface area (Å²) in [4.78, 5) is 41.0. The van der Waals surface area contributed by atoms with Crippen molar-refractivity contribution in [2.24, 2.45) is 0 Å². The molecule has 0 bridgehead atoms. The molecule has 22 heavy (non-hydrogen) atoms. The number of nitrogens with zero attached hydrogens (tertiary/aromatic N) is 1. The van der Waals surface area contributed by atoms with E-state index in [0.29, 0.717) is 10.8 Å². The molecular formula is C16H13NO5. The molecule has 2 amide bonds. The number of amides is 2. The molecule has 1 aliphatic heterocycles. The molecule has 0 spiro atoms. The standard InChI is InChI=1S/C16H13NO5/c1-10(13-7-4-8-21-13)9-14(18)22-17-15(19)11-5-2-3-6-12(11)16(17)20/h2-8,10H,9H2,1H3. The third kappa shape index (κ3) is 2.39. The van der Waals surface area contributed by atoms with Gasteiger partial charge in [0, 0.05) is 5.92 Å². The van der Waals surface area contributed by atoms with E-state index >= 15 is 0 Å². The molecule has 1 aromatic heterocycles. The average molecular weight is 299 g/mol. The topological polar surface area (TPSA) is 76.8 Å². The SMILES string of the molecule is CC(CC(=O)ON1C(=O)c2ccccc2C1=O)c1ccco1. The zero-order valence-electron chi connectivity index (χ0n) is 11.8. The zero-order chi connectivity index (χ0) is 15.7. The van der Waals surface area contributed by atoms with Gasteiger partial charge in [-0.2, -0.15) is 0 Å². The van der Waals surface area contributed by atoms with Gasteiger partial charge in [0.25, 0.3) is 11.8 Å². The second-order valence-corrected chi connectivity index (χ2v) is 5.03. The lowest BCUT2D eigenvalue weighted by Gasteiger charge is -2.14. The van der Waals surface area contributed by atoms with E-state index in [2.05, 4.69) is 0 Å². The smallest absolute Gasteiger partial charge is 0.333 e. The van der Waals surface area contributed by atoms with Crippen molar-refractivity contribution in [1.29, 1.82) is 0 Å². The lowest BCUT2D eigenvalue weighted by atomic mass is 10.1. The van der Waals surface area contributed by atoms with Gasteiger partial charge in [-0.25, -0.2) is 4.79 Å². The van der Waals surface area contributed by atoms with Crippen molar-refractivity contribution in [2.45, 2.75) is 19.3 Å². The van der Waals surface area contributed by atoms with Gasteiger partial charge in [-0.15, -0.1) is 0 Å². The van der Waals surface area contributed by atoms with Crippen LogP contribution in [0.3, 0.4) is 0 Å². The van der Waals surface area contributed by atoms with E-state index in [4.69, 9.17) is 9.25 Å². The van der Waals surface area contributed by atoms with Crippen LogP contribution in [0.25, 0.3) is 0 Å². The van der Waals surface area contributed by atoms with Gasteiger partial charge in [0.15, 0.2) is 0 Å². The molecule has 1 aromatic carbocycles. The normalized spacial score (nSPS) is 14.9. The van der Waals surface area contributed by atoms with Crippen molar-refractivity contribution < 1.29 is 23.6 Å². The summed E-state index contributed by atoms with van der Waals surface area (Å²) in [6.07, 6.45) is 1.52. The van der Waals surface area contributed by atoms with Crippen molar-refractivity contribution in [3.63, 3.8) is 0 Å². The maximum atomic E-state index is 12.1. The van der Waals surface area contributed by atoms with Crippen molar-refractivity contribution in [2.75, 3.05) is 0 Å². The highest BCUT2D eigenvalue weighted by molar-refractivity contribution is 6.20. The fourth-order valence-electron chi connectivity index (χ4n) is 2.31. The van der Waals surface area contributed by atoms with Gasteiger partial charge in [-0.3, -0.25) is 9.59 Å². The third-order valence-corrected chi connectivity index (χ3v) is 3.45. The summed E-state index contributed by atoms with van der Waals surface area (Å²) in [5.41, 5.74) is 0.471. The highest BCUT2D eigenvalue weighted by atomic mass is 16.7. The molecule has 3 rings (SSSR count). The van der Waals surface area contributed by atoms with Crippen LogP contribution in [-0.4, -0.2) is 22.8 Å². The Bertz CT molecular complexity index is 700. The minimum absolute atomic E-state index is 0.000911. The minimum atomic E-state index is -0.668. The minimum Gasteiger partial charge on any atom is -0.469 e. The molecule has 1 aliphatic rings. The highest BCUT2D eigenvalue weighted by Crippen LogP contribution is 2.24. The summed E-state index contributed by atoms with van der Waals surface area (Å²) in [5, 5.41) is 0.516. The average Bonchev–Trinajstić information content (AvgIpc) is 3.12. The molecule has 1 unspecified atom stereocenters. The number of furan rings is 1. The number of hydrogen-bond donors (Lipinski definition) is 0. The Kier molecular flexibility index (Phi) is 3.50. The van der Waals surface area contributed by atoms with Gasteiger partial charge in [0.1, 0.15) is 5.76 Å². The van der Waals surface area contributed by atoms with Crippen LogP contribution in [0, 0.1) is 0 Å². The van der Waals surface area contributed by atoms with Crippen LogP contribution in [0.2, 0.25) is 0 Å². The van der Waals surface area contributed by atoms with Crippen LogP contribution in [0.15, 0.2) is 47.1 Å². The molecule has 2 heterocycles. The first kappa shape index (κ1) is 14.1. The zero-order valence-corrected chi connectivity index (χ0v) is 11.8. The lowest BCUT2D eigenvalue weighted by molar-refractivity contribution is -0.169. The van der Waals surface area contributed by atoms with Crippen LogP contribution in [0.5, 0.6) is 0 Å². The fourth-order valence-corrected chi connectivity index (χ4v) is 2.31. The Labute approximate surface area is 126 Å². The largest absolute Gasteiger partial charge is 0.469 e. The van der Waals surface area contributed by atoms with E-state index in [1.807, 2.05) is 0 Å². The molecule has 0 fully saturated rings. The first-order valence-corrected chi connectivity index (χ1v) is 6.80. The number of fused-ring (bicyclic) bond motifs is 1. The highest BCUT2D eigenvalue weighted by Gasteiger charge is 2.38. The predicted octanol–water partition coefficient (Wildman–Crippen LogP) is 2.53. The Morgan fingerprint density at radius 2 is 1.77 bits per heavy atom. The van der Waals surface area contributed by atoms with Crippen LogP contribution in [0.1, 0.15) is 45.7 Å². The number of benzene rings is 1. The van der Waals surface area contributed by atoms with E-state index in [1.165, 1.54) is 18.4 Å². The number of imide groups is 1. The summed E-state index contributed by atoms with van der Waals surface area (Å²) in [5.74, 6) is -1.49. The molecule has 0 N–H and O–H groups in total. The van der Waals surface area contributed by atoms with Gasteiger partial charge >= 0.3 is 5.97 Å². The lowest BCUT2D eigenvalue weighted by Crippen LogP contribution is -2.33. The van der Waals surface area contributed by atoms with Crippen LogP contribution in [-0.2, 0) is 9.63 Å². The Hall–Kier alpha value is -2.89. The first-order valence-electron chi connectivity index (χ1n) is 6.80. The summed E-state index contributed by atoms with van der Waals surface area (Å²) in [6.45, 7) is 1.79. The van der Waals surface area contributed by atoms with E-state index in [-0.39, 0.29) is 23.5 Å². The maximum absolute atomic E-state index is 12.1. The second-order valence-electron chi connectivity index (χ2n) is 5.03. The van der Waals surface area contributed by atoms with E-state index in [9.17, 15) is 14.4 Å². The molecule has 6 nitrogen and oxygen atoms in total. The van der Waals surface area contributed by atoms with E-state index in [1.54, 1.807) is 31.2 Å². The molecule has 1 atom stereocenters. The van der Waals surface area contributed by atoms with Crippen molar-refractivity contribution in [1.82, 2.24) is 5.06 Å². The molecule has 2 aromatic rings. The van der Waals surface area contributed by atoms with Crippen molar-refractivity contribution in [3.8, 4) is 0 Å². The van der Waals surface area contributed by atoms with Crippen LogP contribution >= 0.6 is 0 Å². The summed E-state index contributed by atoms with van der Waals surface area (Å²) in [7, 11) is 0. The summed E-state index contributed by atoms with van der Waals surface area (Å²) in [6, 6.07) is 9.81. The van der Waals surface area contributed by atoms with Gasteiger partial charge in [0.2, 0.25) is 0 Å². The number of hydroxylamine groups is 2. The summed E-state index contributed by atoms with van der Waals surface area (Å²) >= 11 is 0. The van der Waals surface area contributed by atoms with Gasteiger partial charge in [-0.05, 0) is 24.3 Å². The molecular weight excluding hydrogens is 286 g/mol. The molecule has 0 saturated carbocycles. The molecule has 6 heteroatoms. The van der Waals surface area contributed by atoms with Gasteiger partial charge in [-0.1, -0.05) is 24.1 Å². The number of rotatable bonds is 4. The van der Waals surface area contributed by atoms with Gasteiger partial charge in [0.05, 0.1) is 23.8 Å². The van der Waals surface area contributed by atoms with Crippen LogP contribution in [0.4, 0.5) is 0 Å². The number of carbonyl (C=O) groups excluding carboxylic acids is 3. The Balaban J connectivity index is 1.68. The number of hydrogen-bond acceptors (Lipinski definition) is 5. The predicted molar refractivity (Wildman–Crippen MR) is 74.8 cm³/mol. The van der Waals surface area contributed by atoms with E-state index in [0.717, 1.165) is 0 Å². The van der Waals surface area contributed by atoms with Gasteiger partial charge < -0.3 is 9.25 Å². The maximum Gasteiger partial charge on any atom is 0.333 e. The van der Waals surface area contributed by atoms with E-state index < -0.39 is 17.8 Å². The molecule has 0 aliphatic carbocycles. The van der Waals surface area contributed by atoms with Crippen molar-refractivity contribution in [3.05, 3.63) is 59.5 Å². The monoisotopic (exact) mass is 299 g/mol. The molecule has 112 valence electrons.